The SMILES string of the molecule is [N-]=[N+]=CC(=O)c1cccc(OCc2ccccc2)c1I. The molecule has 0 bridgehead atoms. The van der Waals surface area contributed by atoms with Crippen molar-refractivity contribution in [2.24, 2.45) is 0 Å². The molecule has 0 aliphatic carbocycles. The molecule has 0 aliphatic rings. The molecule has 0 atom stereocenters. The summed E-state index contributed by atoms with van der Waals surface area (Å²) >= 11 is 2.05. The van der Waals surface area contributed by atoms with Gasteiger partial charge in [-0.1, -0.05) is 36.4 Å². The van der Waals surface area contributed by atoms with E-state index in [1.54, 1.807) is 18.2 Å². The van der Waals surface area contributed by atoms with Crippen molar-refractivity contribution >= 4 is 34.6 Å². The molecule has 5 heteroatoms. The molecule has 0 saturated heterocycles. The van der Waals surface area contributed by atoms with Crippen LogP contribution in [0, 0.1) is 3.57 Å². The Hall–Kier alpha value is -1.98. The molecule has 0 fully saturated rings. The van der Waals surface area contributed by atoms with Gasteiger partial charge in [0.05, 0.1) is 3.57 Å². The van der Waals surface area contributed by atoms with Gasteiger partial charge in [-0.25, -0.2) is 0 Å². The van der Waals surface area contributed by atoms with Gasteiger partial charge in [0.15, 0.2) is 0 Å². The van der Waals surface area contributed by atoms with Crippen LogP contribution in [0.3, 0.4) is 0 Å². The van der Waals surface area contributed by atoms with Crippen LogP contribution in [-0.2, 0) is 6.61 Å². The minimum atomic E-state index is -0.359. The van der Waals surface area contributed by atoms with Crippen LogP contribution in [0.15, 0.2) is 48.5 Å². The minimum absolute atomic E-state index is 0.359. The molecule has 0 aliphatic heterocycles. The normalized spacial score (nSPS) is 9.65. The number of halogens is 1. The van der Waals surface area contributed by atoms with Crippen molar-refractivity contribution in [1.29, 1.82) is 0 Å². The lowest BCUT2D eigenvalue weighted by Crippen LogP contribution is -2.05. The van der Waals surface area contributed by atoms with E-state index < -0.39 is 0 Å². The maximum absolute atomic E-state index is 11.7. The van der Waals surface area contributed by atoms with Gasteiger partial charge in [0.2, 0.25) is 0 Å². The Morgan fingerprint density at radius 2 is 1.95 bits per heavy atom. The topological polar surface area (TPSA) is 62.7 Å². The van der Waals surface area contributed by atoms with Crippen molar-refractivity contribution < 1.29 is 14.3 Å². The number of hydrogen-bond donors (Lipinski definition) is 0. The van der Waals surface area contributed by atoms with Crippen LogP contribution in [0.4, 0.5) is 0 Å². The fourth-order valence-corrected chi connectivity index (χ4v) is 2.45. The fraction of sp³-hybridized carbons (Fsp3) is 0.0667. The lowest BCUT2D eigenvalue weighted by atomic mass is 10.1. The van der Waals surface area contributed by atoms with Gasteiger partial charge >= 0.3 is 6.21 Å². The second-order valence-electron chi connectivity index (χ2n) is 4.00. The molecule has 0 unspecified atom stereocenters. The number of benzene rings is 2. The zero-order chi connectivity index (χ0) is 14.4. The van der Waals surface area contributed by atoms with Gasteiger partial charge in [0.25, 0.3) is 5.78 Å². The number of carbonyl (C=O) groups is 1. The van der Waals surface area contributed by atoms with E-state index in [-0.39, 0.29) is 5.78 Å². The smallest absolute Gasteiger partial charge is 0.328 e. The van der Waals surface area contributed by atoms with Crippen LogP contribution in [0.25, 0.3) is 5.53 Å². The van der Waals surface area contributed by atoms with Crippen molar-refractivity contribution in [1.82, 2.24) is 0 Å². The first-order chi connectivity index (χ1) is 9.72. The van der Waals surface area contributed by atoms with Gasteiger partial charge in [-0.3, -0.25) is 4.79 Å². The summed E-state index contributed by atoms with van der Waals surface area (Å²) < 4.78 is 6.43. The average Bonchev–Trinajstić information content (AvgIpc) is 2.47. The third-order valence-corrected chi connectivity index (χ3v) is 3.75. The first-order valence-electron chi connectivity index (χ1n) is 5.89. The minimum Gasteiger partial charge on any atom is -0.488 e. The zero-order valence-corrected chi connectivity index (χ0v) is 12.6. The summed E-state index contributed by atoms with van der Waals surface area (Å²) in [7, 11) is 0. The Morgan fingerprint density at radius 1 is 1.20 bits per heavy atom. The summed E-state index contributed by atoms with van der Waals surface area (Å²) in [6.07, 6.45) is 0.873. The molecule has 0 radical (unpaired) electrons. The summed E-state index contributed by atoms with van der Waals surface area (Å²) in [5, 5.41) is 0. The first-order valence-corrected chi connectivity index (χ1v) is 6.97. The molecule has 0 N–H and O–H groups in total. The van der Waals surface area contributed by atoms with Gasteiger partial charge in [-0.05, 0) is 40.3 Å². The third-order valence-electron chi connectivity index (χ3n) is 2.64. The maximum Gasteiger partial charge on any atom is 0.328 e. The van der Waals surface area contributed by atoms with Crippen molar-refractivity contribution in [3.8, 4) is 5.75 Å². The van der Waals surface area contributed by atoms with Crippen molar-refractivity contribution in [3.63, 3.8) is 0 Å². The highest BCUT2D eigenvalue weighted by Gasteiger charge is 2.14. The standard InChI is InChI=1S/C15H11IN2O2/c16-15-12(13(19)9-18-17)7-4-8-14(15)20-10-11-5-2-1-3-6-11/h1-9H,10H2. The van der Waals surface area contributed by atoms with E-state index >= 15 is 0 Å². The Kier molecular flexibility index (Phi) is 5.03. The largest absolute Gasteiger partial charge is 0.488 e. The zero-order valence-electron chi connectivity index (χ0n) is 10.5. The van der Waals surface area contributed by atoms with Gasteiger partial charge < -0.3 is 10.3 Å². The number of Topliss-reactive ketones (excluding diaryl/α,β-unsaturated/α-hetero) is 1. The monoisotopic (exact) mass is 378 g/mol. The predicted molar refractivity (Wildman–Crippen MR) is 83.9 cm³/mol. The van der Waals surface area contributed by atoms with Crippen LogP contribution in [0.2, 0.25) is 0 Å². The van der Waals surface area contributed by atoms with E-state index in [4.69, 9.17) is 10.3 Å². The summed E-state index contributed by atoms with van der Waals surface area (Å²) in [6.45, 7) is 0.433. The summed E-state index contributed by atoms with van der Waals surface area (Å²) in [5.74, 6) is 0.272. The second-order valence-corrected chi connectivity index (χ2v) is 5.08. The molecular weight excluding hydrogens is 367 g/mol. The molecule has 2 aromatic carbocycles. The van der Waals surface area contributed by atoms with E-state index in [1.165, 1.54) is 0 Å². The molecule has 2 aromatic rings. The van der Waals surface area contributed by atoms with Gasteiger partial charge in [-0.2, -0.15) is 4.79 Å². The highest BCUT2D eigenvalue weighted by Crippen LogP contribution is 2.25. The lowest BCUT2D eigenvalue weighted by Gasteiger charge is -2.09. The molecule has 0 amide bonds. The van der Waals surface area contributed by atoms with Gasteiger partial charge in [0.1, 0.15) is 12.4 Å². The Morgan fingerprint density at radius 3 is 2.65 bits per heavy atom. The quantitative estimate of drug-likeness (QED) is 0.263. The average molecular weight is 378 g/mol. The van der Waals surface area contributed by atoms with Crippen molar-refractivity contribution in [3.05, 3.63) is 68.8 Å². The van der Waals surface area contributed by atoms with Gasteiger partial charge in [0, 0.05) is 5.56 Å². The summed E-state index contributed by atoms with van der Waals surface area (Å²) in [6, 6.07) is 15.0. The van der Waals surface area contributed by atoms with Crippen molar-refractivity contribution in [2.45, 2.75) is 6.61 Å². The number of hydrogen-bond acceptors (Lipinski definition) is 2. The predicted octanol–water partition coefficient (Wildman–Crippen LogP) is 3.35. The highest BCUT2D eigenvalue weighted by atomic mass is 127. The first kappa shape index (κ1) is 14.4. The Bertz CT molecular complexity index is 665. The molecule has 0 spiro atoms. The molecule has 100 valence electrons. The number of rotatable bonds is 5. The Balaban J connectivity index is 2.19. The van der Waals surface area contributed by atoms with Crippen LogP contribution < -0.4 is 4.74 Å². The highest BCUT2D eigenvalue weighted by molar-refractivity contribution is 14.1. The van der Waals surface area contributed by atoms with Crippen LogP contribution in [0.1, 0.15) is 15.9 Å². The number of nitrogens with zero attached hydrogens (tertiary/aromatic N) is 2. The molecule has 2 rings (SSSR count). The van der Waals surface area contributed by atoms with Crippen LogP contribution >= 0.6 is 22.6 Å². The summed E-state index contributed by atoms with van der Waals surface area (Å²) in [4.78, 5) is 14.5. The van der Waals surface area contributed by atoms with E-state index in [9.17, 15) is 4.79 Å². The molecule has 20 heavy (non-hydrogen) atoms. The van der Waals surface area contributed by atoms with E-state index in [0.29, 0.717) is 21.5 Å². The van der Waals surface area contributed by atoms with Gasteiger partial charge in [-0.15, -0.1) is 0 Å². The molecule has 0 heterocycles. The number of ether oxygens (including phenoxy) is 1. The molecule has 0 saturated carbocycles. The molecule has 0 aromatic heterocycles. The van der Waals surface area contributed by atoms with Crippen molar-refractivity contribution in [2.75, 3.05) is 0 Å². The lowest BCUT2D eigenvalue weighted by molar-refractivity contribution is 0.00233. The maximum atomic E-state index is 11.7. The molecular formula is C15H11IN2O2. The Labute approximate surface area is 130 Å². The van der Waals surface area contributed by atoms with E-state index in [2.05, 4.69) is 4.79 Å². The number of ketones is 1. The van der Waals surface area contributed by atoms with Crippen LogP contribution in [-0.4, -0.2) is 16.8 Å². The molecule has 4 nitrogen and oxygen atoms in total. The number of carbonyl (C=O) groups excluding carboxylic acids is 1. The van der Waals surface area contributed by atoms with E-state index in [0.717, 1.165) is 11.8 Å². The van der Waals surface area contributed by atoms with Crippen LogP contribution in [0.5, 0.6) is 5.75 Å². The summed E-state index contributed by atoms with van der Waals surface area (Å²) in [5.41, 5.74) is 9.93. The van der Waals surface area contributed by atoms with E-state index in [1.807, 2.05) is 52.9 Å². The second kappa shape index (κ2) is 6.98. The fourth-order valence-electron chi connectivity index (χ4n) is 1.67. The third kappa shape index (κ3) is 3.53.